The largest absolute Gasteiger partial charge is 0.325 e. The monoisotopic (exact) mass is 447 g/mol. The molecule has 0 aliphatic carbocycles. The maximum absolute atomic E-state index is 13.1. The van der Waals surface area contributed by atoms with Crippen LogP contribution in [0.2, 0.25) is 0 Å². The molecule has 1 amide bonds. The van der Waals surface area contributed by atoms with E-state index in [4.69, 9.17) is 0 Å². The molecule has 0 bridgehead atoms. The van der Waals surface area contributed by atoms with Gasteiger partial charge in [0.05, 0.1) is 16.0 Å². The summed E-state index contributed by atoms with van der Waals surface area (Å²) in [6.45, 7) is 1.82. The van der Waals surface area contributed by atoms with E-state index in [1.165, 1.54) is 4.31 Å². The van der Waals surface area contributed by atoms with Crippen LogP contribution in [0.4, 0.5) is 5.69 Å². The molecule has 1 aromatic heterocycles. The number of anilines is 1. The molecule has 2 aromatic carbocycles. The van der Waals surface area contributed by atoms with Gasteiger partial charge in [-0.05, 0) is 48.9 Å². The molecule has 1 aliphatic rings. The lowest BCUT2D eigenvalue weighted by atomic mass is 9.95. The molecule has 0 saturated heterocycles. The Morgan fingerprint density at radius 2 is 2.03 bits per heavy atom. The smallest absolute Gasteiger partial charge is 0.243 e. The third kappa shape index (κ3) is 4.05. The molecule has 0 saturated carbocycles. The molecule has 4 rings (SSSR count). The van der Waals surface area contributed by atoms with Gasteiger partial charge in [-0.3, -0.25) is 4.79 Å². The number of rotatable bonds is 5. The Hall–Kier alpha value is -1.94. The summed E-state index contributed by atoms with van der Waals surface area (Å²) < 4.78 is 28.6. The minimum absolute atomic E-state index is 0.0385. The van der Waals surface area contributed by atoms with Gasteiger partial charge in [0.15, 0.2) is 4.34 Å². The van der Waals surface area contributed by atoms with E-state index in [2.05, 4.69) is 10.3 Å². The molecule has 1 N–H and O–H groups in total. The minimum Gasteiger partial charge on any atom is -0.325 e. The van der Waals surface area contributed by atoms with Crippen LogP contribution in [0.5, 0.6) is 0 Å². The molecule has 6 nitrogen and oxygen atoms in total. The number of aromatic nitrogens is 1. The van der Waals surface area contributed by atoms with Gasteiger partial charge < -0.3 is 5.32 Å². The second kappa shape index (κ2) is 8.06. The van der Waals surface area contributed by atoms with Gasteiger partial charge in [-0.2, -0.15) is 4.31 Å². The minimum atomic E-state index is -3.52. The number of sulfonamides is 1. The molecule has 0 spiro atoms. The Labute approximate surface area is 178 Å². The Bertz CT molecular complexity index is 1170. The molecule has 1 aliphatic heterocycles. The SMILES string of the molecule is CCS(=O)(=O)N1Cc2ccccc2C[C@H]1C(=O)Nc1ccc2nc(SC)sc2c1. The molecule has 0 unspecified atom stereocenters. The van der Waals surface area contributed by atoms with E-state index in [0.29, 0.717) is 12.1 Å². The number of carbonyl (C=O) groups excluding carboxylic acids is 1. The van der Waals surface area contributed by atoms with Crippen LogP contribution in [0.3, 0.4) is 0 Å². The predicted octanol–water partition coefficient (Wildman–Crippen LogP) is 3.73. The molecule has 1 atom stereocenters. The van der Waals surface area contributed by atoms with Crippen molar-refractivity contribution in [1.82, 2.24) is 9.29 Å². The summed E-state index contributed by atoms with van der Waals surface area (Å²) in [7, 11) is -3.52. The average Bonchev–Trinajstić information content (AvgIpc) is 3.15. The molecule has 3 aromatic rings. The third-order valence-electron chi connectivity index (χ3n) is 5.04. The van der Waals surface area contributed by atoms with Crippen molar-refractivity contribution in [2.45, 2.75) is 30.3 Å². The number of nitrogens with zero attached hydrogens (tertiary/aromatic N) is 2. The number of amides is 1. The molecule has 2 heterocycles. The van der Waals surface area contributed by atoms with Crippen molar-refractivity contribution < 1.29 is 13.2 Å². The average molecular weight is 448 g/mol. The molecule has 0 fully saturated rings. The number of carbonyl (C=O) groups is 1. The first-order chi connectivity index (χ1) is 13.9. The van der Waals surface area contributed by atoms with Gasteiger partial charge in [-0.25, -0.2) is 13.4 Å². The number of thiazole rings is 1. The van der Waals surface area contributed by atoms with Crippen molar-refractivity contribution in [2.75, 3.05) is 17.3 Å². The third-order valence-corrected chi connectivity index (χ3v) is 8.87. The van der Waals surface area contributed by atoms with E-state index in [1.54, 1.807) is 36.1 Å². The van der Waals surface area contributed by atoms with Crippen LogP contribution >= 0.6 is 23.1 Å². The lowest BCUT2D eigenvalue weighted by Crippen LogP contribution is -2.51. The van der Waals surface area contributed by atoms with E-state index in [9.17, 15) is 13.2 Å². The highest BCUT2D eigenvalue weighted by molar-refractivity contribution is 8.00. The first kappa shape index (κ1) is 20.3. The number of thioether (sulfide) groups is 1. The van der Waals surface area contributed by atoms with Crippen LogP contribution < -0.4 is 5.32 Å². The van der Waals surface area contributed by atoms with Crippen LogP contribution in [-0.2, 0) is 27.8 Å². The highest BCUT2D eigenvalue weighted by Gasteiger charge is 2.37. The second-order valence-corrected chi connectivity index (χ2v) is 11.1. The zero-order chi connectivity index (χ0) is 20.6. The Kier molecular flexibility index (Phi) is 5.65. The highest BCUT2D eigenvalue weighted by Crippen LogP contribution is 2.31. The van der Waals surface area contributed by atoms with Crippen LogP contribution in [0, 0.1) is 0 Å². The first-order valence-corrected chi connectivity index (χ1v) is 12.9. The molecule has 29 heavy (non-hydrogen) atoms. The van der Waals surface area contributed by atoms with Gasteiger partial charge in [0.2, 0.25) is 15.9 Å². The van der Waals surface area contributed by atoms with Gasteiger partial charge >= 0.3 is 0 Å². The number of hydrogen-bond acceptors (Lipinski definition) is 6. The van der Waals surface area contributed by atoms with Crippen molar-refractivity contribution in [1.29, 1.82) is 0 Å². The normalized spacial score (nSPS) is 17.2. The van der Waals surface area contributed by atoms with E-state index in [0.717, 1.165) is 25.7 Å². The number of benzene rings is 2. The van der Waals surface area contributed by atoms with Crippen molar-refractivity contribution >= 4 is 54.9 Å². The molecular weight excluding hydrogens is 426 g/mol. The van der Waals surface area contributed by atoms with Gasteiger partial charge in [0.25, 0.3) is 0 Å². The van der Waals surface area contributed by atoms with Crippen LogP contribution in [0.1, 0.15) is 18.1 Å². The van der Waals surface area contributed by atoms with Gasteiger partial charge in [-0.1, -0.05) is 36.0 Å². The van der Waals surface area contributed by atoms with Gasteiger partial charge in [0, 0.05) is 12.2 Å². The number of fused-ring (bicyclic) bond motifs is 2. The first-order valence-electron chi connectivity index (χ1n) is 9.23. The maximum atomic E-state index is 13.1. The molecule has 9 heteroatoms. The number of hydrogen-bond donors (Lipinski definition) is 1. The zero-order valence-corrected chi connectivity index (χ0v) is 18.5. The summed E-state index contributed by atoms with van der Waals surface area (Å²) in [6, 6.07) is 12.5. The van der Waals surface area contributed by atoms with E-state index in [-0.39, 0.29) is 18.2 Å². The van der Waals surface area contributed by atoms with Gasteiger partial charge in [0.1, 0.15) is 6.04 Å². The second-order valence-electron chi connectivity index (χ2n) is 6.79. The van der Waals surface area contributed by atoms with Gasteiger partial charge in [-0.15, -0.1) is 11.3 Å². The van der Waals surface area contributed by atoms with Crippen LogP contribution in [0.15, 0.2) is 46.8 Å². The van der Waals surface area contributed by atoms with Crippen molar-refractivity contribution in [3.8, 4) is 0 Å². The fourth-order valence-corrected chi connectivity index (χ4v) is 6.23. The summed E-state index contributed by atoms with van der Waals surface area (Å²) >= 11 is 3.15. The molecule has 152 valence electrons. The summed E-state index contributed by atoms with van der Waals surface area (Å²) in [5.41, 5.74) is 3.49. The van der Waals surface area contributed by atoms with Crippen molar-refractivity contribution in [2.24, 2.45) is 0 Å². The molecular formula is C20H21N3O3S3. The topological polar surface area (TPSA) is 79.4 Å². The zero-order valence-electron chi connectivity index (χ0n) is 16.1. The maximum Gasteiger partial charge on any atom is 0.243 e. The Balaban J connectivity index is 1.63. The Morgan fingerprint density at radius 1 is 1.28 bits per heavy atom. The van der Waals surface area contributed by atoms with Crippen molar-refractivity contribution in [3.05, 3.63) is 53.6 Å². The standard InChI is InChI=1S/C20H21N3O3S3/c1-3-29(25,26)23-12-14-7-5-4-6-13(14)10-17(23)19(24)21-15-8-9-16-18(11-15)28-20(22-16)27-2/h4-9,11,17H,3,10,12H2,1-2H3,(H,21,24)/t17-/m0/s1. The fourth-order valence-electron chi connectivity index (χ4n) is 3.47. The Morgan fingerprint density at radius 3 is 2.76 bits per heavy atom. The predicted molar refractivity (Wildman–Crippen MR) is 119 cm³/mol. The van der Waals surface area contributed by atoms with Crippen LogP contribution in [-0.4, -0.2) is 41.7 Å². The lowest BCUT2D eigenvalue weighted by molar-refractivity contribution is -0.120. The van der Waals surface area contributed by atoms with E-state index >= 15 is 0 Å². The van der Waals surface area contributed by atoms with Crippen molar-refractivity contribution in [3.63, 3.8) is 0 Å². The fraction of sp³-hybridized carbons (Fsp3) is 0.300. The summed E-state index contributed by atoms with van der Waals surface area (Å²) in [6.07, 6.45) is 2.34. The summed E-state index contributed by atoms with van der Waals surface area (Å²) in [5.74, 6) is -0.353. The molecule has 0 radical (unpaired) electrons. The van der Waals surface area contributed by atoms with E-state index < -0.39 is 16.1 Å². The quantitative estimate of drug-likeness (QED) is 0.603. The van der Waals surface area contributed by atoms with E-state index in [1.807, 2.05) is 42.7 Å². The summed E-state index contributed by atoms with van der Waals surface area (Å²) in [4.78, 5) is 17.6. The highest BCUT2D eigenvalue weighted by atomic mass is 32.2. The van der Waals surface area contributed by atoms with Crippen LogP contribution in [0.25, 0.3) is 10.2 Å². The number of nitrogens with one attached hydrogen (secondary N) is 1. The summed E-state index contributed by atoms with van der Waals surface area (Å²) in [5, 5.41) is 2.92. The lowest BCUT2D eigenvalue weighted by Gasteiger charge is -2.34.